The summed E-state index contributed by atoms with van der Waals surface area (Å²) in [5.41, 5.74) is -1.15. The smallest absolute Gasteiger partial charge is 0.324 e. The predicted molar refractivity (Wildman–Crippen MR) is 104 cm³/mol. The van der Waals surface area contributed by atoms with Crippen LogP contribution in [0.4, 0.5) is 0 Å². The molecule has 0 bridgehead atoms. The van der Waals surface area contributed by atoms with E-state index >= 15 is 0 Å². The second-order valence-corrected chi connectivity index (χ2v) is 11.1. The Hall–Kier alpha value is -1.10. The number of amides is 1. The van der Waals surface area contributed by atoms with Gasteiger partial charge in [-0.25, -0.2) is 0 Å². The lowest BCUT2D eigenvalue weighted by Gasteiger charge is -2.37. The summed E-state index contributed by atoms with van der Waals surface area (Å²) in [7, 11) is -4.71. The Bertz CT molecular complexity index is 671. The average molecular weight is 424 g/mol. The van der Waals surface area contributed by atoms with Gasteiger partial charge in [0, 0.05) is 29.7 Å². The molecule has 0 saturated heterocycles. The maximum Gasteiger partial charge on any atom is 0.324 e. The van der Waals surface area contributed by atoms with Crippen LogP contribution in [-0.4, -0.2) is 76.9 Å². The van der Waals surface area contributed by atoms with Crippen LogP contribution in [0.25, 0.3) is 0 Å². The fraction of sp³-hybridized carbons (Fsp3) is 0.765. The molecule has 2 N–H and O–H groups in total. The number of carbonyl (C=O) groups excluding carboxylic acids is 1. The monoisotopic (exact) mass is 423 g/mol. The van der Waals surface area contributed by atoms with Gasteiger partial charge in [0.05, 0.1) is 13.2 Å². The summed E-state index contributed by atoms with van der Waals surface area (Å²) < 4.78 is 37.4. The molecule has 0 aliphatic carbocycles. The van der Waals surface area contributed by atoms with Gasteiger partial charge in [-0.05, 0) is 11.8 Å². The average Bonchev–Trinajstić information content (AvgIpc) is 2.84. The molecule has 1 heterocycles. The highest BCUT2D eigenvalue weighted by atomic mass is 32.2. The van der Waals surface area contributed by atoms with Gasteiger partial charge in [0.1, 0.15) is 0 Å². The number of ether oxygens (including phenoxy) is 1. The van der Waals surface area contributed by atoms with E-state index in [0.717, 1.165) is 0 Å². The van der Waals surface area contributed by atoms with E-state index < -0.39 is 31.5 Å². The van der Waals surface area contributed by atoms with E-state index in [1.165, 1.54) is 19.9 Å². The maximum atomic E-state index is 11.5. The fourth-order valence-electron chi connectivity index (χ4n) is 3.44. The van der Waals surface area contributed by atoms with Crippen molar-refractivity contribution >= 4 is 33.8 Å². The maximum absolute atomic E-state index is 11.5. The molecule has 0 fully saturated rings. The Labute approximate surface area is 165 Å². The highest BCUT2D eigenvalue weighted by Crippen LogP contribution is 2.41. The zero-order chi connectivity index (χ0) is 20.9. The highest BCUT2D eigenvalue weighted by molar-refractivity contribution is 8.00. The number of hydrogen-bond acceptors (Lipinski definition) is 6. The molecule has 1 atom stereocenters. The standard InChI is InChI=1S/C17H29NO7S2/c1-16(2,14(15(20)21)27(22,23)24)12-17(3,4)26-11-10-25-9-8-18-7-5-6-13(18)19/h5-6,14H,7-12H2,1-4H3,(H,20,21)(H,22,23,24). The first-order chi connectivity index (χ1) is 12.3. The summed E-state index contributed by atoms with van der Waals surface area (Å²) in [6.45, 7) is 8.89. The lowest BCUT2D eigenvalue weighted by atomic mass is 9.80. The molecule has 1 aliphatic rings. The molecule has 0 radical (unpaired) electrons. The van der Waals surface area contributed by atoms with Crippen LogP contribution in [-0.2, 0) is 24.4 Å². The third-order valence-corrected chi connectivity index (χ3v) is 6.97. The number of nitrogens with zero attached hydrogens (tertiary/aromatic N) is 1. The van der Waals surface area contributed by atoms with Gasteiger partial charge in [-0.1, -0.05) is 33.8 Å². The molecule has 1 unspecified atom stereocenters. The summed E-state index contributed by atoms with van der Waals surface area (Å²) in [5, 5.41) is 7.34. The van der Waals surface area contributed by atoms with Crippen molar-refractivity contribution in [3.63, 3.8) is 0 Å². The van der Waals surface area contributed by atoms with Gasteiger partial charge in [-0.2, -0.15) is 20.2 Å². The van der Waals surface area contributed by atoms with Crippen LogP contribution in [0.5, 0.6) is 0 Å². The number of carboxylic acid groups (broad SMARTS) is 1. The number of carbonyl (C=O) groups is 2. The van der Waals surface area contributed by atoms with E-state index in [4.69, 9.17) is 4.74 Å². The zero-order valence-electron chi connectivity index (χ0n) is 16.2. The SMILES string of the molecule is CC(C)(CC(C)(C)C(C(=O)O)S(=O)(=O)O)SCCOCCN1CC=CC1=O. The Morgan fingerprint density at radius 2 is 1.96 bits per heavy atom. The van der Waals surface area contributed by atoms with Crippen LogP contribution >= 0.6 is 11.8 Å². The number of rotatable bonds is 12. The molecule has 1 amide bonds. The number of carboxylic acids is 1. The lowest BCUT2D eigenvalue weighted by molar-refractivity contribution is -0.139. The van der Waals surface area contributed by atoms with Crippen LogP contribution < -0.4 is 0 Å². The summed E-state index contributed by atoms with van der Waals surface area (Å²) in [4.78, 5) is 24.4. The van der Waals surface area contributed by atoms with Gasteiger partial charge < -0.3 is 14.7 Å². The van der Waals surface area contributed by atoms with Crippen LogP contribution in [0.1, 0.15) is 34.1 Å². The summed E-state index contributed by atoms with van der Waals surface area (Å²) >= 11 is 1.54. The second kappa shape index (κ2) is 9.40. The van der Waals surface area contributed by atoms with Gasteiger partial charge in [-0.15, -0.1) is 0 Å². The molecular formula is C17H29NO7S2. The molecule has 0 aromatic heterocycles. The molecule has 10 heteroatoms. The lowest BCUT2D eigenvalue weighted by Crippen LogP contribution is -2.45. The van der Waals surface area contributed by atoms with Crippen LogP contribution in [0.15, 0.2) is 12.2 Å². The Morgan fingerprint density at radius 3 is 2.44 bits per heavy atom. The van der Waals surface area contributed by atoms with Crippen LogP contribution in [0.3, 0.4) is 0 Å². The molecule has 0 aromatic carbocycles. The van der Waals surface area contributed by atoms with E-state index in [-0.39, 0.29) is 12.3 Å². The van der Waals surface area contributed by atoms with Crippen molar-refractivity contribution in [2.75, 3.05) is 32.1 Å². The summed E-state index contributed by atoms with van der Waals surface area (Å²) in [6.07, 6.45) is 3.62. The molecular weight excluding hydrogens is 394 g/mol. The van der Waals surface area contributed by atoms with Gasteiger partial charge in [0.15, 0.2) is 5.25 Å². The van der Waals surface area contributed by atoms with Crippen molar-refractivity contribution < 1.29 is 32.4 Å². The summed E-state index contributed by atoms with van der Waals surface area (Å²) in [6, 6.07) is 0. The topological polar surface area (TPSA) is 121 Å². The van der Waals surface area contributed by atoms with E-state index in [1.54, 1.807) is 22.7 Å². The quantitative estimate of drug-likeness (QED) is 0.359. The van der Waals surface area contributed by atoms with Gasteiger partial charge in [0.25, 0.3) is 10.1 Å². The minimum absolute atomic E-state index is 0.0110. The highest BCUT2D eigenvalue weighted by Gasteiger charge is 2.47. The number of thioether (sulfide) groups is 1. The first kappa shape index (κ1) is 23.9. The third-order valence-electron chi connectivity index (χ3n) is 4.24. The Kier molecular flexibility index (Phi) is 8.33. The van der Waals surface area contributed by atoms with Crippen molar-refractivity contribution in [3.8, 4) is 0 Å². The normalized spacial score (nSPS) is 16.8. The minimum atomic E-state index is -4.71. The molecule has 0 saturated carbocycles. The van der Waals surface area contributed by atoms with Crippen molar-refractivity contribution in [3.05, 3.63) is 12.2 Å². The molecule has 156 valence electrons. The first-order valence-electron chi connectivity index (χ1n) is 8.62. The van der Waals surface area contributed by atoms with Crippen LogP contribution in [0, 0.1) is 5.41 Å². The second-order valence-electron chi connectivity index (χ2n) is 7.81. The van der Waals surface area contributed by atoms with Gasteiger partial charge in [0.2, 0.25) is 5.91 Å². The number of aliphatic carboxylic acids is 1. The van der Waals surface area contributed by atoms with E-state index in [9.17, 15) is 27.7 Å². The molecule has 27 heavy (non-hydrogen) atoms. The summed E-state index contributed by atoms with van der Waals surface area (Å²) in [5.74, 6) is -0.931. The zero-order valence-corrected chi connectivity index (χ0v) is 17.8. The van der Waals surface area contributed by atoms with Crippen molar-refractivity contribution in [1.29, 1.82) is 0 Å². The first-order valence-corrected chi connectivity index (χ1v) is 11.1. The Morgan fingerprint density at radius 1 is 1.33 bits per heavy atom. The van der Waals surface area contributed by atoms with Crippen LogP contribution in [0.2, 0.25) is 0 Å². The molecule has 0 spiro atoms. The van der Waals surface area contributed by atoms with E-state index in [1.807, 2.05) is 13.8 Å². The van der Waals surface area contributed by atoms with E-state index in [0.29, 0.717) is 32.1 Å². The molecule has 8 nitrogen and oxygen atoms in total. The van der Waals surface area contributed by atoms with Crippen molar-refractivity contribution in [2.45, 2.75) is 44.1 Å². The van der Waals surface area contributed by atoms with Crippen molar-refractivity contribution in [2.24, 2.45) is 5.41 Å². The molecule has 1 aliphatic heterocycles. The predicted octanol–water partition coefficient (Wildman–Crippen LogP) is 1.67. The fourth-order valence-corrected chi connectivity index (χ4v) is 5.81. The molecule has 1 rings (SSSR count). The minimum Gasteiger partial charge on any atom is -0.480 e. The number of hydrogen-bond donors (Lipinski definition) is 2. The van der Waals surface area contributed by atoms with Gasteiger partial charge >= 0.3 is 5.97 Å². The van der Waals surface area contributed by atoms with Gasteiger partial charge in [-0.3, -0.25) is 14.1 Å². The third kappa shape index (κ3) is 7.81. The Balaban J connectivity index is 2.43. The van der Waals surface area contributed by atoms with Crippen molar-refractivity contribution in [1.82, 2.24) is 4.90 Å². The largest absolute Gasteiger partial charge is 0.480 e. The molecule has 0 aromatic rings. The van der Waals surface area contributed by atoms with E-state index in [2.05, 4.69) is 0 Å².